The van der Waals surface area contributed by atoms with E-state index in [0.29, 0.717) is 5.75 Å². The number of amides is 2. The summed E-state index contributed by atoms with van der Waals surface area (Å²) in [6.45, 7) is 3.51. The lowest BCUT2D eigenvalue weighted by atomic mass is 9.79. The van der Waals surface area contributed by atoms with Crippen molar-refractivity contribution in [2.24, 2.45) is 23.7 Å². The van der Waals surface area contributed by atoms with Gasteiger partial charge in [-0.2, -0.15) is 0 Å². The molecule has 2 amide bonds. The second-order valence-electron chi connectivity index (χ2n) is 7.28. The van der Waals surface area contributed by atoms with E-state index in [1.807, 2.05) is 25.1 Å². The highest BCUT2D eigenvalue weighted by Crippen LogP contribution is 2.52. The molecule has 1 aromatic carbocycles. The van der Waals surface area contributed by atoms with Crippen LogP contribution in [-0.2, 0) is 14.4 Å². The van der Waals surface area contributed by atoms with Gasteiger partial charge in [-0.15, -0.1) is 0 Å². The summed E-state index contributed by atoms with van der Waals surface area (Å²) >= 11 is 0. The second kappa shape index (κ2) is 7.35. The number of hydrazine groups is 1. The number of ether oxygens (including phenoxy) is 1. The Hall–Kier alpha value is -2.57. The van der Waals surface area contributed by atoms with Gasteiger partial charge in [-0.25, -0.2) is 0 Å². The molecular weight excluding hydrogens is 336 g/mol. The number of carboxylic acid groups (broad SMARTS) is 1. The van der Waals surface area contributed by atoms with E-state index < -0.39 is 35.7 Å². The van der Waals surface area contributed by atoms with Gasteiger partial charge in [0.15, 0.2) is 6.10 Å². The topological polar surface area (TPSA) is 105 Å². The Balaban J connectivity index is 1.54. The van der Waals surface area contributed by atoms with Crippen LogP contribution in [0.3, 0.4) is 0 Å². The average molecular weight is 360 g/mol. The van der Waals surface area contributed by atoms with Crippen molar-refractivity contribution < 1.29 is 24.2 Å². The maximum absolute atomic E-state index is 12.5. The fourth-order valence-corrected chi connectivity index (χ4v) is 4.28. The van der Waals surface area contributed by atoms with Gasteiger partial charge in [-0.05, 0) is 62.6 Å². The maximum atomic E-state index is 12.5. The summed E-state index contributed by atoms with van der Waals surface area (Å²) < 4.78 is 5.57. The number of fused-ring (bicyclic) bond motifs is 2. The number of carboxylic acids is 1. The minimum atomic E-state index is -0.931. The summed E-state index contributed by atoms with van der Waals surface area (Å²) in [6.07, 6.45) is 1.70. The SMILES string of the molecule is Cc1cccc(O[C@H](C)C(=O)NNC(=O)[C@H]2[C@H]3CC[C@@H](C3)[C@H]2C(=O)O)c1. The second-order valence-corrected chi connectivity index (χ2v) is 7.28. The molecule has 7 heteroatoms. The third-order valence-electron chi connectivity index (χ3n) is 5.48. The molecule has 1 aromatic rings. The number of hydrogen-bond donors (Lipinski definition) is 3. The fourth-order valence-electron chi connectivity index (χ4n) is 4.28. The summed E-state index contributed by atoms with van der Waals surface area (Å²) in [5.74, 6) is -2.38. The van der Waals surface area contributed by atoms with Gasteiger partial charge in [-0.1, -0.05) is 12.1 Å². The highest BCUT2D eigenvalue weighted by molar-refractivity contribution is 5.89. The van der Waals surface area contributed by atoms with Gasteiger partial charge in [0.2, 0.25) is 5.91 Å². The summed E-state index contributed by atoms with van der Waals surface area (Å²) in [5, 5.41) is 9.42. The van der Waals surface area contributed by atoms with Crippen molar-refractivity contribution in [3.63, 3.8) is 0 Å². The normalized spacial score (nSPS) is 27.6. The molecule has 0 radical (unpaired) electrons. The predicted octanol–water partition coefficient (Wildman–Crippen LogP) is 1.66. The zero-order valence-corrected chi connectivity index (χ0v) is 14.9. The van der Waals surface area contributed by atoms with E-state index in [0.717, 1.165) is 24.8 Å². The summed E-state index contributed by atoms with van der Waals surface area (Å²) in [6, 6.07) is 7.32. The molecule has 0 unspecified atom stereocenters. The molecule has 140 valence electrons. The molecule has 2 saturated carbocycles. The Morgan fingerprint density at radius 1 is 1.15 bits per heavy atom. The van der Waals surface area contributed by atoms with Gasteiger partial charge in [0.25, 0.3) is 5.91 Å². The average Bonchev–Trinajstić information content (AvgIpc) is 3.20. The van der Waals surface area contributed by atoms with Crippen LogP contribution in [0.1, 0.15) is 31.7 Å². The first-order valence-electron chi connectivity index (χ1n) is 8.92. The first-order valence-corrected chi connectivity index (χ1v) is 8.92. The van der Waals surface area contributed by atoms with Crippen LogP contribution >= 0.6 is 0 Å². The first kappa shape index (κ1) is 18.2. The number of hydrogen-bond acceptors (Lipinski definition) is 4. The summed E-state index contributed by atoms with van der Waals surface area (Å²) in [4.78, 5) is 36.1. The molecule has 2 aliphatic rings. The number of carbonyl (C=O) groups excluding carboxylic acids is 2. The van der Waals surface area contributed by atoms with Gasteiger partial charge in [-0.3, -0.25) is 25.2 Å². The van der Waals surface area contributed by atoms with Crippen LogP contribution in [-0.4, -0.2) is 29.0 Å². The van der Waals surface area contributed by atoms with E-state index in [9.17, 15) is 19.5 Å². The molecule has 0 aromatic heterocycles. The Morgan fingerprint density at radius 2 is 1.85 bits per heavy atom. The Bertz CT molecular complexity index is 720. The highest BCUT2D eigenvalue weighted by atomic mass is 16.5. The molecule has 2 bridgehead atoms. The molecule has 5 atom stereocenters. The monoisotopic (exact) mass is 360 g/mol. The minimum absolute atomic E-state index is 0.0625. The van der Waals surface area contributed by atoms with E-state index in [1.165, 1.54) is 0 Å². The van der Waals surface area contributed by atoms with Gasteiger partial charge >= 0.3 is 5.97 Å². The largest absolute Gasteiger partial charge is 0.481 e. The van der Waals surface area contributed by atoms with Crippen molar-refractivity contribution in [1.82, 2.24) is 10.9 Å². The van der Waals surface area contributed by atoms with Gasteiger partial charge in [0, 0.05) is 0 Å². The molecule has 7 nitrogen and oxygen atoms in total. The van der Waals surface area contributed by atoms with Crippen LogP contribution in [0.25, 0.3) is 0 Å². The summed E-state index contributed by atoms with van der Waals surface area (Å²) in [5.41, 5.74) is 5.76. The molecule has 0 spiro atoms. The van der Waals surface area contributed by atoms with E-state index in [2.05, 4.69) is 10.9 Å². The lowest BCUT2D eigenvalue weighted by molar-refractivity contribution is -0.150. The Kier molecular flexibility index (Phi) is 5.15. The van der Waals surface area contributed by atoms with E-state index in [4.69, 9.17) is 4.74 Å². The third kappa shape index (κ3) is 3.66. The number of aliphatic carboxylic acids is 1. The zero-order chi connectivity index (χ0) is 18.8. The van der Waals surface area contributed by atoms with E-state index >= 15 is 0 Å². The number of nitrogens with one attached hydrogen (secondary N) is 2. The van der Waals surface area contributed by atoms with Crippen LogP contribution in [0, 0.1) is 30.6 Å². The molecular formula is C19H24N2O5. The first-order chi connectivity index (χ1) is 12.4. The fraction of sp³-hybridized carbons (Fsp3) is 0.526. The molecule has 3 N–H and O–H groups in total. The van der Waals surface area contributed by atoms with Crippen molar-refractivity contribution >= 4 is 17.8 Å². The predicted molar refractivity (Wildman–Crippen MR) is 93.0 cm³/mol. The maximum Gasteiger partial charge on any atom is 0.307 e. The zero-order valence-electron chi connectivity index (χ0n) is 14.9. The molecule has 2 aliphatic carbocycles. The number of benzene rings is 1. The molecule has 0 saturated heterocycles. The van der Waals surface area contributed by atoms with Gasteiger partial charge in [0.05, 0.1) is 11.8 Å². The molecule has 0 heterocycles. The smallest absolute Gasteiger partial charge is 0.307 e. The van der Waals surface area contributed by atoms with Crippen molar-refractivity contribution in [2.45, 2.75) is 39.2 Å². The summed E-state index contributed by atoms with van der Waals surface area (Å²) in [7, 11) is 0. The van der Waals surface area contributed by atoms with Crippen LogP contribution in [0.2, 0.25) is 0 Å². The molecule has 26 heavy (non-hydrogen) atoms. The highest BCUT2D eigenvalue weighted by Gasteiger charge is 2.54. The van der Waals surface area contributed by atoms with Crippen molar-refractivity contribution in [3.8, 4) is 5.75 Å². The standard InChI is InChI=1S/C19H24N2O5/c1-10-4-3-5-14(8-10)26-11(2)17(22)20-21-18(23)15-12-6-7-13(9-12)16(15)19(24)25/h3-5,8,11-13,15-16H,6-7,9H2,1-2H3,(H,20,22)(H,21,23)(H,24,25)/t11-,12+,13+,15+,16-/m1/s1. The minimum Gasteiger partial charge on any atom is -0.481 e. The van der Waals surface area contributed by atoms with E-state index in [1.54, 1.807) is 13.0 Å². The van der Waals surface area contributed by atoms with Gasteiger partial charge < -0.3 is 9.84 Å². The number of aryl methyl sites for hydroxylation is 1. The lowest BCUT2D eigenvalue weighted by Crippen LogP contribution is -2.51. The molecule has 2 fully saturated rings. The van der Waals surface area contributed by atoms with Crippen molar-refractivity contribution in [3.05, 3.63) is 29.8 Å². The van der Waals surface area contributed by atoms with Crippen molar-refractivity contribution in [2.75, 3.05) is 0 Å². The van der Waals surface area contributed by atoms with E-state index in [-0.39, 0.29) is 11.8 Å². The van der Waals surface area contributed by atoms with Crippen LogP contribution in [0.15, 0.2) is 24.3 Å². The third-order valence-corrected chi connectivity index (χ3v) is 5.48. The Morgan fingerprint density at radius 3 is 2.50 bits per heavy atom. The van der Waals surface area contributed by atoms with Crippen LogP contribution in [0.4, 0.5) is 0 Å². The Labute approximate surface area is 152 Å². The van der Waals surface area contributed by atoms with Gasteiger partial charge in [0.1, 0.15) is 5.75 Å². The molecule has 3 rings (SSSR count). The number of carbonyl (C=O) groups is 3. The van der Waals surface area contributed by atoms with Crippen LogP contribution in [0.5, 0.6) is 5.75 Å². The lowest BCUT2D eigenvalue weighted by Gasteiger charge is -2.27. The van der Waals surface area contributed by atoms with Crippen LogP contribution < -0.4 is 15.6 Å². The van der Waals surface area contributed by atoms with Crippen molar-refractivity contribution in [1.29, 1.82) is 0 Å². The number of rotatable bonds is 5. The quantitative estimate of drug-likeness (QED) is 0.693. The molecule has 0 aliphatic heterocycles.